The third-order valence-corrected chi connectivity index (χ3v) is 5.54. The van der Waals surface area contributed by atoms with Gasteiger partial charge in [-0.25, -0.2) is 4.79 Å². The van der Waals surface area contributed by atoms with Gasteiger partial charge in [-0.05, 0) is 50.5 Å². The Kier molecular flexibility index (Phi) is 7.25. The number of hydrogen-bond donors (Lipinski definition) is 0. The zero-order valence-electron chi connectivity index (χ0n) is 16.0. The van der Waals surface area contributed by atoms with Gasteiger partial charge in [-0.15, -0.1) is 0 Å². The fourth-order valence-corrected chi connectivity index (χ4v) is 4.01. The predicted molar refractivity (Wildman–Crippen MR) is 105 cm³/mol. The van der Waals surface area contributed by atoms with Gasteiger partial charge in [-0.3, -0.25) is 0 Å². The Morgan fingerprint density at radius 2 is 1.96 bits per heavy atom. The lowest BCUT2D eigenvalue weighted by Crippen LogP contribution is -2.36. The Morgan fingerprint density at radius 3 is 2.63 bits per heavy atom. The van der Waals surface area contributed by atoms with Crippen LogP contribution in [-0.2, 0) is 24.4 Å². The second kappa shape index (κ2) is 9.86. The molecule has 0 aromatic heterocycles. The van der Waals surface area contributed by atoms with Crippen molar-refractivity contribution in [2.24, 2.45) is 0 Å². The van der Waals surface area contributed by atoms with E-state index in [1.54, 1.807) is 12.2 Å². The van der Waals surface area contributed by atoms with E-state index in [0.717, 1.165) is 45.1 Å². The summed E-state index contributed by atoms with van der Waals surface area (Å²) in [6.45, 7) is 4.62. The zero-order valence-corrected chi connectivity index (χ0v) is 16.0. The van der Waals surface area contributed by atoms with Gasteiger partial charge in [0.15, 0.2) is 6.29 Å². The third-order valence-electron chi connectivity index (χ3n) is 5.54. The van der Waals surface area contributed by atoms with Crippen LogP contribution in [0.15, 0.2) is 55.1 Å². The molecule has 0 radical (unpaired) electrons. The topological polar surface area (TPSA) is 44.8 Å². The average Bonchev–Trinajstić information content (AvgIpc) is 2.73. The van der Waals surface area contributed by atoms with Crippen LogP contribution < -0.4 is 0 Å². The van der Waals surface area contributed by atoms with E-state index in [4.69, 9.17) is 14.2 Å². The molecule has 1 aromatic rings. The summed E-state index contributed by atoms with van der Waals surface area (Å²) in [6.07, 6.45) is 12.5. The molecule has 1 atom stereocenters. The van der Waals surface area contributed by atoms with E-state index in [-0.39, 0.29) is 30.4 Å². The van der Waals surface area contributed by atoms with E-state index in [9.17, 15) is 4.79 Å². The second-order valence-corrected chi connectivity index (χ2v) is 7.41. The summed E-state index contributed by atoms with van der Waals surface area (Å²) in [4.78, 5) is 11.9. The minimum absolute atomic E-state index is 0.0441. The van der Waals surface area contributed by atoms with Crippen molar-refractivity contribution < 1.29 is 19.0 Å². The molecule has 1 saturated heterocycles. The van der Waals surface area contributed by atoms with Gasteiger partial charge >= 0.3 is 5.97 Å². The number of rotatable bonds is 7. The molecule has 1 aliphatic carbocycles. The summed E-state index contributed by atoms with van der Waals surface area (Å²) in [5.74, 6) is -0.320. The molecule has 0 spiro atoms. The Labute approximate surface area is 162 Å². The van der Waals surface area contributed by atoms with E-state index >= 15 is 0 Å². The maximum atomic E-state index is 11.9. The number of carbonyl (C=O) groups is 1. The SMILES string of the molecule is C=CCOC(=O)C=CC1(c2ccccc2)CCC(OC2CCCCO2)CC1. The zero-order chi connectivity index (χ0) is 19.0. The molecule has 27 heavy (non-hydrogen) atoms. The number of ether oxygens (including phenoxy) is 3. The fraction of sp³-hybridized carbons (Fsp3) is 0.522. The molecule has 1 unspecified atom stereocenters. The highest BCUT2D eigenvalue weighted by molar-refractivity contribution is 5.82. The number of carbonyl (C=O) groups excluding carboxylic acids is 1. The molecule has 1 aliphatic heterocycles. The van der Waals surface area contributed by atoms with Gasteiger partial charge in [0.2, 0.25) is 0 Å². The predicted octanol–water partition coefficient (Wildman–Crippen LogP) is 4.70. The summed E-state index contributed by atoms with van der Waals surface area (Å²) in [5, 5.41) is 0. The molecule has 1 saturated carbocycles. The molecule has 0 bridgehead atoms. The van der Waals surface area contributed by atoms with Crippen LogP contribution in [0.5, 0.6) is 0 Å². The van der Waals surface area contributed by atoms with Crippen LogP contribution in [0.1, 0.15) is 50.5 Å². The standard InChI is InChI=1S/C23H30O4/c1-2-17-25-21(24)13-16-23(19-8-4-3-5-9-19)14-11-20(12-15-23)27-22-10-6-7-18-26-22/h2-5,8-9,13,16,20,22H,1,6-7,10-12,14-15,17-18H2. The summed E-state index contributed by atoms with van der Waals surface area (Å²) < 4.78 is 17.0. The first kappa shape index (κ1) is 19.8. The van der Waals surface area contributed by atoms with Crippen molar-refractivity contribution in [3.63, 3.8) is 0 Å². The third kappa shape index (κ3) is 5.53. The Bertz CT molecular complexity index is 623. The van der Waals surface area contributed by atoms with Crippen molar-refractivity contribution in [1.29, 1.82) is 0 Å². The lowest BCUT2D eigenvalue weighted by molar-refractivity contribution is -0.194. The molecule has 4 heteroatoms. The Hall–Kier alpha value is -1.91. The van der Waals surface area contributed by atoms with Crippen LogP contribution in [0.2, 0.25) is 0 Å². The highest BCUT2D eigenvalue weighted by Crippen LogP contribution is 2.42. The number of allylic oxidation sites excluding steroid dienone is 1. The molecule has 2 fully saturated rings. The number of hydrogen-bond acceptors (Lipinski definition) is 4. The molecule has 1 aromatic carbocycles. The maximum Gasteiger partial charge on any atom is 0.330 e. The van der Waals surface area contributed by atoms with Crippen molar-refractivity contribution in [2.75, 3.05) is 13.2 Å². The summed E-state index contributed by atoms with van der Waals surface area (Å²) in [7, 11) is 0. The smallest absolute Gasteiger partial charge is 0.330 e. The van der Waals surface area contributed by atoms with Gasteiger partial charge in [-0.1, -0.05) is 49.1 Å². The number of benzene rings is 1. The molecule has 146 valence electrons. The number of esters is 1. The Morgan fingerprint density at radius 1 is 1.19 bits per heavy atom. The van der Waals surface area contributed by atoms with Gasteiger partial charge in [0.05, 0.1) is 6.10 Å². The van der Waals surface area contributed by atoms with Crippen molar-refractivity contribution in [3.05, 3.63) is 60.7 Å². The lowest BCUT2D eigenvalue weighted by atomic mass is 9.68. The monoisotopic (exact) mass is 370 g/mol. The van der Waals surface area contributed by atoms with Crippen molar-refractivity contribution in [3.8, 4) is 0 Å². The minimum atomic E-state index is -0.320. The molecule has 1 heterocycles. The van der Waals surface area contributed by atoms with E-state index in [1.165, 1.54) is 12.0 Å². The van der Waals surface area contributed by atoms with Crippen LogP contribution in [0, 0.1) is 0 Å². The molecule has 2 aliphatic rings. The highest BCUT2D eigenvalue weighted by atomic mass is 16.7. The van der Waals surface area contributed by atoms with Gasteiger partial charge in [-0.2, -0.15) is 0 Å². The first-order valence-electron chi connectivity index (χ1n) is 10.0. The molecule has 0 amide bonds. The van der Waals surface area contributed by atoms with Crippen LogP contribution in [-0.4, -0.2) is 31.6 Å². The molecular formula is C23H30O4. The van der Waals surface area contributed by atoms with Crippen molar-refractivity contribution in [2.45, 2.75) is 62.8 Å². The minimum Gasteiger partial charge on any atom is -0.458 e. The van der Waals surface area contributed by atoms with Crippen LogP contribution >= 0.6 is 0 Å². The second-order valence-electron chi connectivity index (χ2n) is 7.41. The summed E-state index contributed by atoms with van der Waals surface area (Å²) >= 11 is 0. The largest absolute Gasteiger partial charge is 0.458 e. The van der Waals surface area contributed by atoms with E-state index in [2.05, 4.69) is 30.8 Å². The molecule has 0 N–H and O–H groups in total. The highest BCUT2D eigenvalue weighted by Gasteiger charge is 2.36. The van der Waals surface area contributed by atoms with Crippen LogP contribution in [0.4, 0.5) is 0 Å². The molecule has 3 rings (SSSR count). The lowest BCUT2D eigenvalue weighted by Gasteiger charge is -2.40. The van der Waals surface area contributed by atoms with E-state index < -0.39 is 0 Å². The first-order valence-corrected chi connectivity index (χ1v) is 10.0. The van der Waals surface area contributed by atoms with Gasteiger partial charge in [0.25, 0.3) is 0 Å². The van der Waals surface area contributed by atoms with E-state index in [1.807, 2.05) is 12.1 Å². The van der Waals surface area contributed by atoms with Crippen LogP contribution in [0.25, 0.3) is 0 Å². The maximum absolute atomic E-state index is 11.9. The van der Waals surface area contributed by atoms with Crippen LogP contribution in [0.3, 0.4) is 0 Å². The van der Waals surface area contributed by atoms with Gasteiger partial charge in [0, 0.05) is 18.1 Å². The molecular weight excluding hydrogens is 340 g/mol. The van der Waals surface area contributed by atoms with Crippen molar-refractivity contribution in [1.82, 2.24) is 0 Å². The van der Waals surface area contributed by atoms with Gasteiger partial charge in [0.1, 0.15) is 6.61 Å². The first-order chi connectivity index (χ1) is 13.2. The normalized spacial score (nSPS) is 28.7. The van der Waals surface area contributed by atoms with E-state index in [0.29, 0.717) is 0 Å². The van der Waals surface area contributed by atoms with Crippen molar-refractivity contribution >= 4 is 5.97 Å². The quantitative estimate of drug-likeness (QED) is 0.397. The van der Waals surface area contributed by atoms with Gasteiger partial charge < -0.3 is 14.2 Å². The fourth-order valence-electron chi connectivity index (χ4n) is 4.01. The summed E-state index contributed by atoms with van der Waals surface area (Å²) in [6, 6.07) is 10.4. The Balaban J connectivity index is 1.66. The average molecular weight is 370 g/mol. The molecule has 4 nitrogen and oxygen atoms in total. The summed E-state index contributed by atoms with van der Waals surface area (Å²) in [5.41, 5.74) is 1.09.